The second kappa shape index (κ2) is 5.14. The van der Waals surface area contributed by atoms with Gasteiger partial charge in [-0.05, 0) is 38.1 Å². The summed E-state index contributed by atoms with van der Waals surface area (Å²) in [6.07, 6.45) is 0. The molecule has 92 valence electrons. The van der Waals surface area contributed by atoms with Gasteiger partial charge in [-0.2, -0.15) is 0 Å². The molecule has 4 nitrogen and oxygen atoms in total. The fourth-order valence-electron chi connectivity index (χ4n) is 1.54. The molecule has 2 rings (SSSR count). The quantitative estimate of drug-likeness (QED) is 0.904. The molecule has 1 amide bonds. The van der Waals surface area contributed by atoms with Gasteiger partial charge < -0.3 is 5.32 Å². The summed E-state index contributed by atoms with van der Waals surface area (Å²) in [5.41, 5.74) is 1.82. The number of aromatic nitrogens is 2. The molecule has 0 saturated carbocycles. The van der Waals surface area contributed by atoms with E-state index in [2.05, 4.69) is 15.3 Å². The summed E-state index contributed by atoms with van der Waals surface area (Å²) in [5.74, 6) is 0.179. The maximum absolute atomic E-state index is 12.0. The molecule has 18 heavy (non-hydrogen) atoms. The first-order chi connectivity index (χ1) is 8.54. The summed E-state index contributed by atoms with van der Waals surface area (Å²) >= 11 is 5.89. The molecule has 0 aromatic carbocycles. The summed E-state index contributed by atoms with van der Waals surface area (Å²) in [6, 6.07) is 8.64. The molecule has 0 aliphatic carbocycles. The number of pyridine rings is 2. The Morgan fingerprint density at radius 1 is 1.17 bits per heavy atom. The molecule has 0 saturated heterocycles. The number of rotatable bonds is 2. The second-order valence-corrected chi connectivity index (χ2v) is 4.37. The summed E-state index contributed by atoms with van der Waals surface area (Å²) < 4.78 is 0. The lowest BCUT2D eigenvalue weighted by molar-refractivity contribution is 0.102. The number of hydrogen-bond donors (Lipinski definition) is 1. The molecular formula is C13H12ClN3O. The Morgan fingerprint density at radius 3 is 2.61 bits per heavy atom. The van der Waals surface area contributed by atoms with E-state index < -0.39 is 0 Å². The molecule has 0 atom stereocenters. The molecule has 0 unspecified atom stereocenters. The molecule has 0 aliphatic heterocycles. The van der Waals surface area contributed by atoms with Crippen molar-refractivity contribution in [3.63, 3.8) is 0 Å². The third-order valence-electron chi connectivity index (χ3n) is 2.28. The summed E-state index contributed by atoms with van der Waals surface area (Å²) in [4.78, 5) is 20.3. The zero-order chi connectivity index (χ0) is 13.1. The number of nitrogens with zero attached hydrogens (tertiary/aromatic N) is 2. The Balaban J connectivity index is 2.22. The lowest BCUT2D eigenvalue weighted by Crippen LogP contribution is -2.15. The SMILES string of the molecule is Cc1cccc(NC(=O)c2cc(Cl)cc(C)n2)n1. The van der Waals surface area contributed by atoms with Crippen molar-refractivity contribution in [2.75, 3.05) is 5.32 Å². The Morgan fingerprint density at radius 2 is 1.94 bits per heavy atom. The van der Waals surface area contributed by atoms with Crippen molar-refractivity contribution >= 4 is 23.3 Å². The minimum absolute atomic E-state index is 0.281. The third kappa shape index (κ3) is 3.05. The lowest BCUT2D eigenvalue weighted by Gasteiger charge is -2.05. The van der Waals surface area contributed by atoms with Gasteiger partial charge in [0.1, 0.15) is 11.5 Å². The Hall–Kier alpha value is -1.94. The van der Waals surface area contributed by atoms with Gasteiger partial charge in [0.05, 0.1) is 0 Å². The van der Waals surface area contributed by atoms with Gasteiger partial charge in [-0.25, -0.2) is 9.97 Å². The predicted octanol–water partition coefficient (Wildman–Crippen LogP) is 3.00. The number of halogens is 1. The van der Waals surface area contributed by atoms with E-state index in [1.807, 2.05) is 19.1 Å². The highest BCUT2D eigenvalue weighted by atomic mass is 35.5. The maximum atomic E-state index is 12.0. The average molecular weight is 262 g/mol. The zero-order valence-corrected chi connectivity index (χ0v) is 10.8. The van der Waals surface area contributed by atoms with Gasteiger partial charge in [0, 0.05) is 16.4 Å². The molecule has 1 N–H and O–H groups in total. The van der Waals surface area contributed by atoms with Crippen LogP contribution in [0.4, 0.5) is 5.82 Å². The first kappa shape index (κ1) is 12.5. The first-order valence-corrected chi connectivity index (χ1v) is 5.81. The van der Waals surface area contributed by atoms with Crippen molar-refractivity contribution in [2.24, 2.45) is 0 Å². The van der Waals surface area contributed by atoms with E-state index in [9.17, 15) is 4.79 Å². The fraction of sp³-hybridized carbons (Fsp3) is 0.154. The van der Waals surface area contributed by atoms with Crippen LogP contribution in [-0.2, 0) is 0 Å². The van der Waals surface area contributed by atoms with Gasteiger partial charge in [-0.1, -0.05) is 17.7 Å². The molecule has 0 fully saturated rings. The highest BCUT2D eigenvalue weighted by Gasteiger charge is 2.09. The van der Waals surface area contributed by atoms with Gasteiger partial charge in [0.25, 0.3) is 5.91 Å². The Labute approximate surface area is 110 Å². The van der Waals surface area contributed by atoms with E-state index in [1.54, 1.807) is 19.1 Å². The van der Waals surface area contributed by atoms with Crippen molar-refractivity contribution < 1.29 is 4.79 Å². The van der Waals surface area contributed by atoms with Crippen LogP contribution in [0.15, 0.2) is 30.3 Å². The van der Waals surface area contributed by atoms with Crippen LogP contribution in [0.5, 0.6) is 0 Å². The zero-order valence-electron chi connectivity index (χ0n) is 10.1. The summed E-state index contributed by atoms with van der Waals surface area (Å²) in [6.45, 7) is 3.64. The fourth-order valence-corrected chi connectivity index (χ4v) is 1.80. The van der Waals surface area contributed by atoms with Crippen LogP contribution in [0, 0.1) is 13.8 Å². The van der Waals surface area contributed by atoms with Crippen molar-refractivity contribution in [3.05, 3.63) is 52.4 Å². The normalized spacial score (nSPS) is 10.2. The maximum Gasteiger partial charge on any atom is 0.275 e. The van der Waals surface area contributed by atoms with E-state index in [0.717, 1.165) is 5.69 Å². The summed E-state index contributed by atoms with van der Waals surface area (Å²) in [5, 5.41) is 3.17. The van der Waals surface area contributed by atoms with Crippen LogP contribution < -0.4 is 5.32 Å². The minimum atomic E-state index is -0.321. The Bertz CT molecular complexity index is 578. The van der Waals surface area contributed by atoms with Gasteiger partial charge in [0.2, 0.25) is 0 Å². The van der Waals surface area contributed by atoms with Gasteiger partial charge >= 0.3 is 0 Å². The van der Waals surface area contributed by atoms with Crippen molar-refractivity contribution in [3.8, 4) is 0 Å². The number of hydrogen-bond acceptors (Lipinski definition) is 3. The Kier molecular flexibility index (Phi) is 3.58. The second-order valence-electron chi connectivity index (χ2n) is 3.93. The standard InChI is InChI=1S/C13H12ClN3O/c1-8-4-3-5-12(16-8)17-13(18)11-7-10(14)6-9(2)15-11/h3-7H,1-2H3,(H,16,17,18). The molecule has 2 aromatic rings. The smallest absolute Gasteiger partial charge is 0.275 e. The van der Waals surface area contributed by atoms with Gasteiger partial charge in [0.15, 0.2) is 0 Å². The molecule has 2 heterocycles. The predicted molar refractivity (Wildman–Crippen MR) is 70.9 cm³/mol. The third-order valence-corrected chi connectivity index (χ3v) is 2.50. The van der Waals surface area contributed by atoms with E-state index in [0.29, 0.717) is 16.5 Å². The average Bonchev–Trinajstić information content (AvgIpc) is 2.27. The van der Waals surface area contributed by atoms with Crippen molar-refractivity contribution in [1.29, 1.82) is 0 Å². The van der Waals surface area contributed by atoms with Crippen LogP contribution in [0.3, 0.4) is 0 Å². The topological polar surface area (TPSA) is 54.9 Å². The number of aryl methyl sites for hydroxylation is 2. The number of carbonyl (C=O) groups excluding carboxylic acids is 1. The van der Waals surface area contributed by atoms with E-state index in [4.69, 9.17) is 11.6 Å². The monoisotopic (exact) mass is 261 g/mol. The molecule has 0 spiro atoms. The van der Waals surface area contributed by atoms with Gasteiger partial charge in [-0.3, -0.25) is 4.79 Å². The number of carbonyl (C=O) groups is 1. The van der Waals surface area contributed by atoms with E-state index >= 15 is 0 Å². The van der Waals surface area contributed by atoms with E-state index in [1.165, 1.54) is 6.07 Å². The van der Waals surface area contributed by atoms with Crippen LogP contribution in [0.1, 0.15) is 21.9 Å². The first-order valence-electron chi connectivity index (χ1n) is 5.44. The van der Waals surface area contributed by atoms with E-state index in [-0.39, 0.29) is 11.6 Å². The number of amides is 1. The van der Waals surface area contributed by atoms with Crippen LogP contribution >= 0.6 is 11.6 Å². The minimum Gasteiger partial charge on any atom is -0.305 e. The molecule has 5 heteroatoms. The van der Waals surface area contributed by atoms with Crippen LogP contribution in [-0.4, -0.2) is 15.9 Å². The number of nitrogens with one attached hydrogen (secondary N) is 1. The van der Waals surface area contributed by atoms with Crippen molar-refractivity contribution in [2.45, 2.75) is 13.8 Å². The molecule has 2 aromatic heterocycles. The van der Waals surface area contributed by atoms with Crippen molar-refractivity contribution in [1.82, 2.24) is 9.97 Å². The molecule has 0 aliphatic rings. The molecule has 0 bridgehead atoms. The van der Waals surface area contributed by atoms with Crippen LogP contribution in [0.2, 0.25) is 5.02 Å². The van der Waals surface area contributed by atoms with Gasteiger partial charge in [-0.15, -0.1) is 0 Å². The highest BCUT2D eigenvalue weighted by Crippen LogP contribution is 2.13. The molecule has 0 radical (unpaired) electrons. The number of anilines is 1. The highest BCUT2D eigenvalue weighted by molar-refractivity contribution is 6.31. The molecular weight excluding hydrogens is 250 g/mol. The summed E-state index contributed by atoms with van der Waals surface area (Å²) in [7, 11) is 0. The largest absolute Gasteiger partial charge is 0.305 e. The van der Waals surface area contributed by atoms with Crippen LogP contribution in [0.25, 0.3) is 0 Å². The lowest BCUT2D eigenvalue weighted by atomic mass is 10.3.